The third kappa shape index (κ3) is 5.31. The van der Waals surface area contributed by atoms with Crippen molar-refractivity contribution < 1.29 is 19.6 Å². The van der Waals surface area contributed by atoms with Crippen LogP contribution in [-0.4, -0.2) is 37.4 Å². The van der Waals surface area contributed by atoms with Crippen molar-refractivity contribution in [1.29, 1.82) is 0 Å². The number of carbonyl (C=O) groups is 1. The number of nitro benzene ring substituents is 1. The van der Waals surface area contributed by atoms with Crippen LogP contribution in [-0.2, 0) is 15.3 Å². The van der Waals surface area contributed by atoms with Crippen LogP contribution in [0, 0.1) is 10.1 Å². The van der Waals surface area contributed by atoms with Crippen LogP contribution in [0.25, 0.3) is 0 Å². The first-order chi connectivity index (χ1) is 17.3. The third-order valence-electron chi connectivity index (χ3n) is 5.61. The van der Waals surface area contributed by atoms with Gasteiger partial charge in [0.15, 0.2) is 5.75 Å². The predicted octanol–water partition coefficient (Wildman–Crippen LogP) is 5.47. The number of nitro groups is 1. The summed E-state index contributed by atoms with van der Waals surface area (Å²) in [5.41, 5.74) is 1.59. The fourth-order valence-electron chi connectivity index (χ4n) is 3.77. The van der Waals surface area contributed by atoms with E-state index in [1.165, 1.54) is 34.6 Å². The first kappa shape index (κ1) is 25.5. The van der Waals surface area contributed by atoms with Crippen molar-refractivity contribution >= 4 is 41.0 Å². The number of phenolic OH excluding ortho intramolecular Hbond substituents is 1. The van der Waals surface area contributed by atoms with E-state index in [1.807, 2.05) is 31.2 Å². The molecule has 1 aliphatic heterocycles. The number of hydrogen-bond donors (Lipinski definition) is 2. The highest BCUT2D eigenvalue weighted by Gasteiger charge is 2.36. The smallest absolute Gasteiger partial charge is 0.338 e. The number of rotatable bonds is 9. The second-order valence-electron chi connectivity index (χ2n) is 8.10. The first-order valence-electron chi connectivity index (χ1n) is 11.2. The minimum absolute atomic E-state index is 0.248. The monoisotopic (exact) mass is 529 g/mol. The SMILES string of the molecule is CCCCOC(=O)C1=C(C)Nc2nc(SCc3ccccc3Cl)nn2C1c1ccc(O)c([N+](=O)[O-])c1. The van der Waals surface area contributed by atoms with E-state index in [2.05, 4.69) is 15.4 Å². The van der Waals surface area contributed by atoms with Gasteiger partial charge in [-0.05, 0) is 36.6 Å². The highest BCUT2D eigenvalue weighted by Crippen LogP contribution is 2.39. The van der Waals surface area contributed by atoms with Crippen LogP contribution >= 0.6 is 23.4 Å². The number of allylic oxidation sites excluding steroid dienone is 1. The highest BCUT2D eigenvalue weighted by molar-refractivity contribution is 7.98. The minimum atomic E-state index is -0.850. The number of thioether (sulfide) groups is 1. The van der Waals surface area contributed by atoms with E-state index in [1.54, 1.807) is 6.92 Å². The fraction of sp³-hybridized carbons (Fsp3) is 0.292. The van der Waals surface area contributed by atoms with Gasteiger partial charge in [-0.2, -0.15) is 4.98 Å². The second kappa shape index (κ2) is 11.0. The van der Waals surface area contributed by atoms with Crippen LogP contribution in [0.1, 0.15) is 43.9 Å². The van der Waals surface area contributed by atoms with Gasteiger partial charge < -0.3 is 15.2 Å². The maximum absolute atomic E-state index is 13.1. The van der Waals surface area contributed by atoms with E-state index < -0.39 is 28.4 Å². The van der Waals surface area contributed by atoms with Crippen molar-refractivity contribution in [2.24, 2.45) is 0 Å². The normalized spacial score (nSPS) is 14.8. The Morgan fingerprint density at radius 3 is 2.83 bits per heavy atom. The molecular weight excluding hydrogens is 506 g/mol. The Bertz CT molecular complexity index is 1340. The summed E-state index contributed by atoms with van der Waals surface area (Å²) in [5.74, 6) is -0.127. The molecule has 2 aromatic carbocycles. The Kier molecular flexibility index (Phi) is 7.80. The molecule has 0 amide bonds. The van der Waals surface area contributed by atoms with Gasteiger partial charge in [0, 0.05) is 22.5 Å². The Morgan fingerprint density at radius 1 is 1.33 bits per heavy atom. The quantitative estimate of drug-likeness (QED) is 0.122. The molecule has 0 spiro atoms. The molecule has 0 fully saturated rings. The molecule has 1 atom stereocenters. The molecule has 2 N–H and O–H groups in total. The van der Waals surface area contributed by atoms with Crippen LogP contribution < -0.4 is 5.32 Å². The zero-order valence-corrected chi connectivity index (χ0v) is 21.2. The number of fused-ring (bicyclic) bond motifs is 1. The number of nitrogens with one attached hydrogen (secondary N) is 1. The maximum atomic E-state index is 13.1. The van der Waals surface area contributed by atoms with E-state index in [0.717, 1.165) is 12.0 Å². The number of aromatic nitrogens is 3. The predicted molar refractivity (Wildman–Crippen MR) is 136 cm³/mol. The molecule has 3 aromatic rings. The zero-order chi connectivity index (χ0) is 25.8. The van der Waals surface area contributed by atoms with Gasteiger partial charge in [0.1, 0.15) is 6.04 Å². The molecule has 0 bridgehead atoms. The van der Waals surface area contributed by atoms with Gasteiger partial charge in [0.2, 0.25) is 11.1 Å². The van der Waals surface area contributed by atoms with E-state index in [0.29, 0.717) is 39.6 Å². The van der Waals surface area contributed by atoms with Crippen molar-refractivity contribution in [3.63, 3.8) is 0 Å². The molecule has 12 heteroatoms. The summed E-state index contributed by atoms with van der Waals surface area (Å²) >= 11 is 7.63. The topological polar surface area (TPSA) is 132 Å². The molecule has 188 valence electrons. The molecule has 1 aliphatic rings. The summed E-state index contributed by atoms with van der Waals surface area (Å²) in [5, 5.41) is 30.2. The number of aromatic hydroxyl groups is 1. The fourth-order valence-corrected chi connectivity index (χ4v) is 4.88. The summed E-state index contributed by atoms with van der Waals surface area (Å²) in [6.45, 7) is 3.95. The van der Waals surface area contributed by atoms with Gasteiger partial charge in [0.25, 0.3) is 0 Å². The molecule has 0 aliphatic carbocycles. The van der Waals surface area contributed by atoms with Crippen LogP contribution in [0.5, 0.6) is 5.75 Å². The Morgan fingerprint density at radius 2 is 2.11 bits per heavy atom. The maximum Gasteiger partial charge on any atom is 0.338 e. The molecule has 4 rings (SSSR count). The van der Waals surface area contributed by atoms with Crippen LogP contribution in [0.15, 0.2) is 58.9 Å². The number of anilines is 1. The van der Waals surface area contributed by atoms with Crippen molar-refractivity contribution in [3.8, 4) is 5.75 Å². The standard InChI is InChI=1S/C24H24ClN5O5S/c1-3-4-11-35-22(32)20-14(2)26-23-27-24(36-13-16-7-5-6-8-17(16)25)28-29(23)21(20)15-9-10-19(31)18(12-15)30(33)34/h5-10,12,21,31H,3-4,11,13H2,1-2H3,(H,26,27,28). The molecule has 1 unspecified atom stereocenters. The third-order valence-corrected chi connectivity index (χ3v) is 6.87. The summed E-state index contributed by atoms with van der Waals surface area (Å²) in [7, 11) is 0. The number of benzene rings is 2. The van der Waals surface area contributed by atoms with Gasteiger partial charge in [-0.25, -0.2) is 9.48 Å². The molecule has 1 aromatic heterocycles. The molecule has 0 saturated carbocycles. The van der Waals surface area contributed by atoms with Crippen LogP contribution in [0.3, 0.4) is 0 Å². The van der Waals surface area contributed by atoms with Gasteiger partial charge >= 0.3 is 11.7 Å². The molecule has 36 heavy (non-hydrogen) atoms. The number of phenols is 1. The molecular formula is C24H24ClN5O5S. The highest BCUT2D eigenvalue weighted by atomic mass is 35.5. The number of unbranched alkanes of at least 4 members (excludes halogenated alkanes) is 1. The molecule has 0 saturated heterocycles. The Balaban J connectivity index is 1.73. The lowest BCUT2D eigenvalue weighted by Gasteiger charge is -2.28. The Labute approximate surface area is 216 Å². The summed E-state index contributed by atoms with van der Waals surface area (Å²) in [6, 6.07) is 10.6. The lowest BCUT2D eigenvalue weighted by atomic mass is 9.95. The van der Waals surface area contributed by atoms with E-state index >= 15 is 0 Å². The van der Waals surface area contributed by atoms with E-state index in [-0.39, 0.29) is 12.2 Å². The van der Waals surface area contributed by atoms with Crippen LogP contribution in [0.2, 0.25) is 5.02 Å². The van der Waals surface area contributed by atoms with Crippen molar-refractivity contribution in [2.75, 3.05) is 11.9 Å². The van der Waals surface area contributed by atoms with Crippen LogP contribution in [0.4, 0.5) is 11.6 Å². The molecule has 2 heterocycles. The Hall–Kier alpha value is -3.57. The zero-order valence-electron chi connectivity index (χ0n) is 19.6. The van der Waals surface area contributed by atoms with Crippen molar-refractivity contribution in [3.05, 3.63) is 80.0 Å². The average molecular weight is 530 g/mol. The molecule has 0 radical (unpaired) electrons. The van der Waals surface area contributed by atoms with Gasteiger partial charge in [-0.15, -0.1) is 5.10 Å². The number of halogens is 1. The average Bonchev–Trinajstić information content (AvgIpc) is 3.25. The minimum Gasteiger partial charge on any atom is -0.502 e. The second-order valence-corrected chi connectivity index (χ2v) is 9.45. The molecule has 10 nitrogen and oxygen atoms in total. The number of esters is 1. The van der Waals surface area contributed by atoms with Crippen molar-refractivity contribution in [2.45, 2.75) is 43.6 Å². The van der Waals surface area contributed by atoms with E-state index in [4.69, 9.17) is 16.3 Å². The number of carbonyl (C=O) groups excluding carboxylic acids is 1. The lowest BCUT2D eigenvalue weighted by Crippen LogP contribution is -2.29. The number of ether oxygens (including phenoxy) is 1. The largest absolute Gasteiger partial charge is 0.502 e. The summed E-state index contributed by atoms with van der Waals surface area (Å²) in [4.78, 5) is 28.5. The number of nitrogens with zero attached hydrogens (tertiary/aromatic N) is 4. The van der Waals surface area contributed by atoms with Gasteiger partial charge in [-0.3, -0.25) is 10.1 Å². The lowest BCUT2D eigenvalue weighted by molar-refractivity contribution is -0.385. The summed E-state index contributed by atoms with van der Waals surface area (Å²) < 4.78 is 6.99. The summed E-state index contributed by atoms with van der Waals surface area (Å²) in [6.07, 6.45) is 1.56. The van der Waals surface area contributed by atoms with Gasteiger partial charge in [-0.1, -0.05) is 61.0 Å². The van der Waals surface area contributed by atoms with Gasteiger partial charge in [0.05, 0.1) is 17.1 Å². The first-order valence-corrected chi connectivity index (χ1v) is 12.6. The van der Waals surface area contributed by atoms with E-state index in [9.17, 15) is 20.0 Å². The number of hydrogen-bond acceptors (Lipinski definition) is 9. The van der Waals surface area contributed by atoms with Crippen molar-refractivity contribution in [1.82, 2.24) is 14.8 Å².